The predicted octanol–water partition coefficient (Wildman–Crippen LogP) is 2.18. The first-order chi connectivity index (χ1) is 11.2. The zero-order chi connectivity index (χ0) is 16.9. The monoisotopic (exact) mass is 330 g/mol. The van der Waals surface area contributed by atoms with Gasteiger partial charge < -0.3 is 24.8 Å². The van der Waals surface area contributed by atoms with Crippen molar-refractivity contribution in [3.63, 3.8) is 0 Å². The second-order valence-corrected chi connectivity index (χ2v) is 6.26. The summed E-state index contributed by atoms with van der Waals surface area (Å²) in [6.45, 7) is 2.53. The molecule has 0 aliphatic carbocycles. The molecule has 0 spiro atoms. The van der Waals surface area contributed by atoms with E-state index in [1.165, 1.54) is 32.1 Å². The van der Waals surface area contributed by atoms with Gasteiger partial charge in [-0.3, -0.25) is 0 Å². The van der Waals surface area contributed by atoms with Crippen molar-refractivity contribution < 1.29 is 24.8 Å². The summed E-state index contributed by atoms with van der Waals surface area (Å²) >= 11 is 0. The molecule has 0 radical (unpaired) electrons. The number of aliphatic hydroxyl groups excluding tert-OH is 3. The lowest BCUT2D eigenvalue weighted by molar-refractivity contribution is -0.211. The van der Waals surface area contributed by atoms with Gasteiger partial charge in [-0.15, -0.1) is 0 Å². The van der Waals surface area contributed by atoms with Gasteiger partial charge in [-0.25, -0.2) is 0 Å². The van der Waals surface area contributed by atoms with E-state index in [1.54, 1.807) is 0 Å². The highest BCUT2D eigenvalue weighted by atomic mass is 16.6. The van der Waals surface area contributed by atoms with Crippen molar-refractivity contribution >= 4 is 0 Å². The van der Waals surface area contributed by atoms with Crippen LogP contribution in [0.1, 0.15) is 58.3 Å². The van der Waals surface area contributed by atoms with Gasteiger partial charge in [0.1, 0.15) is 24.4 Å². The number of rotatable bonds is 12. The van der Waals surface area contributed by atoms with E-state index in [1.807, 2.05) is 0 Å². The Hall–Kier alpha value is -0.460. The van der Waals surface area contributed by atoms with E-state index in [-0.39, 0.29) is 13.2 Å². The van der Waals surface area contributed by atoms with Crippen LogP contribution < -0.4 is 0 Å². The molecule has 0 bridgehead atoms. The molecule has 136 valence electrons. The van der Waals surface area contributed by atoms with Gasteiger partial charge in [0.2, 0.25) is 0 Å². The summed E-state index contributed by atoms with van der Waals surface area (Å²) in [5, 5.41) is 28.7. The molecule has 3 N–H and O–H groups in total. The number of hydrogen-bond donors (Lipinski definition) is 3. The summed E-state index contributed by atoms with van der Waals surface area (Å²) in [6, 6.07) is 0. The lowest BCUT2D eigenvalue weighted by Crippen LogP contribution is -2.55. The molecule has 0 amide bonds. The maximum atomic E-state index is 9.92. The van der Waals surface area contributed by atoms with Crippen molar-refractivity contribution in [2.45, 2.75) is 82.7 Å². The summed E-state index contributed by atoms with van der Waals surface area (Å²) in [5.74, 6) is 0. The van der Waals surface area contributed by atoms with E-state index in [9.17, 15) is 15.3 Å². The molecular weight excluding hydrogens is 296 g/mol. The highest BCUT2D eigenvalue weighted by Gasteiger charge is 2.39. The number of aliphatic hydroxyl groups is 3. The topological polar surface area (TPSA) is 79.2 Å². The molecule has 1 aliphatic rings. The summed E-state index contributed by atoms with van der Waals surface area (Å²) in [6.07, 6.45) is 10.7. The van der Waals surface area contributed by atoms with Crippen LogP contribution >= 0.6 is 0 Å². The molecule has 23 heavy (non-hydrogen) atoms. The molecule has 1 aliphatic heterocycles. The molecule has 5 nitrogen and oxygen atoms in total. The zero-order valence-electron chi connectivity index (χ0n) is 14.4. The van der Waals surface area contributed by atoms with Crippen LogP contribution in [0, 0.1) is 0 Å². The predicted molar refractivity (Wildman–Crippen MR) is 90.3 cm³/mol. The third-order valence-electron chi connectivity index (χ3n) is 4.22. The third kappa shape index (κ3) is 8.27. The van der Waals surface area contributed by atoms with Crippen molar-refractivity contribution in [2.24, 2.45) is 0 Å². The SMILES string of the molecule is CCCCCCC/C=C/CCCO[C@@H]1[C@@H](O)[C@H](O)CO[C@H]1CO. The number of unbranched alkanes of at least 4 members (excludes halogenated alkanes) is 6. The molecule has 0 aromatic carbocycles. The largest absolute Gasteiger partial charge is 0.394 e. The lowest BCUT2D eigenvalue weighted by atomic mass is 10.0. The molecule has 5 heteroatoms. The fourth-order valence-corrected chi connectivity index (χ4v) is 2.74. The lowest BCUT2D eigenvalue weighted by Gasteiger charge is -2.37. The molecule has 1 rings (SSSR count). The van der Waals surface area contributed by atoms with E-state index in [4.69, 9.17) is 9.47 Å². The fourth-order valence-electron chi connectivity index (χ4n) is 2.74. The Morgan fingerprint density at radius 3 is 2.43 bits per heavy atom. The third-order valence-corrected chi connectivity index (χ3v) is 4.22. The van der Waals surface area contributed by atoms with Crippen LogP contribution in [0.3, 0.4) is 0 Å². The smallest absolute Gasteiger partial charge is 0.114 e. The maximum absolute atomic E-state index is 9.92. The average Bonchev–Trinajstić information content (AvgIpc) is 2.56. The van der Waals surface area contributed by atoms with Gasteiger partial charge in [-0.05, 0) is 25.7 Å². The Balaban J connectivity index is 2.06. The van der Waals surface area contributed by atoms with Crippen LogP contribution in [0.15, 0.2) is 12.2 Å². The summed E-state index contributed by atoms with van der Waals surface area (Å²) in [7, 11) is 0. The van der Waals surface area contributed by atoms with Crippen molar-refractivity contribution in [2.75, 3.05) is 19.8 Å². The van der Waals surface area contributed by atoms with Crippen molar-refractivity contribution in [1.29, 1.82) is 0 Å². The van der Waals surface area contributed by atoms with Crippen LogP contribution in [-0.2, 0) is 9.47 Å². The quantitative estimate of drug-likeness (QED) is 0.377. The van der Waals surface area contributed by atoms with Crippen molar-refractivity contribution in [1.82, 2.24) is 0 Å². The van der Waals surface area contributed by atoms with Gasteiger partial charge in [0.15, 0.2) is 0 Å². The number of allylic oxidation sites excluding steroid dienone is 2. The Labute approximate surface area is 140 Å². The Morgan fingerprint density at radius 1 is 1.04 bits per heavy atom. The Bertz CT molecular complexity index is 306. The summed E-state index contributed by atoms with van der Waals surface area (Å²) in [4.78, 5) is 0. The van der Waals surface area contributed by atoms with Crippen molar-refractivity contribution in [3.8, 4) is 0 Å². The van der Waals surface area contributed by atoms with Gasteiger partial charge in [0, 0.05) is 6.61 Å². The fraction of sp³-hybridized carbons (Fsp3) is 0.889. The van der Waals surface area contributed by atoms with Crippen LogP contribution in [0.5, 0.6) is 0 Å². The van der Waals surface area contributed by atoms with E-state index < -0.39 is 24.4 Å². The molecule has 4 atom stereocenters. The molecule has 0 aromatic heterocycles. The molecule has 0 unspecified atom stereocenters. The Morgan fingerprint density at radius 2 is 1.74 bits per heavy atom. The van der Waals surface area contributed by atoms with Gasteiger partial charge in [0.25, 0.3) is 0 Å². The average molecular weight is 330 g/mol. The normalized spacial score (nSPS) is 28.5. The first kappa shape index (κ1) is 20.6. The van der Waals surface area contributed by atoms with E-state index in [2.05, 4.69) is 19.1 Å². The molecule has 1 saturated heterocycles. The Kier molecular flexibility index (Phi) is 11.5. The van der Waals surface area contributed by atoms with Crippen LogP contribution in [-0.4, -0.2) is 59.6 Å². The molecule has 1 fully saturated rings. The minimum absolute atomic E-state index is 0.0350. The van der Waals surface area contributed by atoms with Crippen LogP contribution in [0.4, 0.5) is 0 Å². The maximum Gasteiger partial charge on any atom is 0.114 e. The highest BCUT2D eigenvalue weighted by molar-refractivity contribution is 4.88. The van der Waals surface area contributed by atoms with Crippen LogP contribution in [0.25, 0.3) is 0 Å². The standard InChI is InChI=1S/C18H34O5/c1-2-3-4-5-6-7-8-9-10-11-12-22-18-16(13-19)23-14-15(20)17(18)21/h8-9,15-21H,2-7,10-14H2,1H3/b9-8+/t15-,16+,17+,18+/m1/s1. The van der Waals surface area contributed by atoms with Gasteiger partial charge in [-0.2, -0.15) is 0 Å². The van der Waals surface area contributed by atoms with Crippen LogP contribution in [0.2, 0.25) is 0 Å². The zero-order valence-corrected chi connectivity index (χ0v) is 14.4. The van der Waals surface area contributed by atoms with E-state index >= 15 is 0 Å². The first-order valence-corrected chi connectivity index (χ1v) is 9.05. The van der Waals surface area contributed by atoms with Gasteiger partial charge in [-0.1, -0.05) is 44.8 Å². The van der Waals surface area contributed by atoms with Gasteiger partial charge >= 0.3 is 0 Å². The van der Waals surface area contributed by atoms with Gasteiger partial charge in [0.05, 0.1) is 13.2 Å². The molecular formula is C18H34O5. The first-order valence-electron chi connectivity index (χ1n) is 9.05. The molecule has 1 heterocycles. The van der Waals surface area contributed by atoms with Crippen molar-refractivity contribution in [3.05, 3.63) is 12.2 Å². The second-order valence-electron chi connectivity index (χ2n) is 6.26. The van der Waals surface area contributed by atoms with E-state index in [0.717, 1.165) is 19.3 Å². The second kappa shape index (κ2) is 12.9. The minimum atomic E-state index is -1.00. The summed E-state index contributed by atoms with van der Waals surface area (Å²) in [5.41, 5.74) is 0. The highest BCUT2D eigenvalue weighted by Crippen LogP contribution is 2.19. The minimum Gasteiger partial charge on any atom is -0.394 e. The van der Waals surface area contributed by atoms with E-state index in [0.29, 0.717) is 6.61 Å². The number of ether oxygens (including phenoxy) is 2. The molecule has 0 saturated carbocycles. The number of hydrogen-bond acceptors (Lipinski definition) is 5. The summed E-state index contributed by atoms with van der Waals surface area (Å²) < 4.78 is 10.9. The molecule has 0 aromatic rings.